The number of phosphoric acid groups is 1. The number of hydrogen-bond acceptors (Lipinski definition) is 10. The molecule has 0 aromatic heterocycles. The molecule has 1 fully saturated rings. The predicted octanol–water partition coefficient (Wildman–Crippen LogP) is -0.441. The monoisotopic (exact) mass is 474 g/mol. The van der Waals surface area contributed by atoms with Gasteiger partial charge in [-0.1, -0.05) is 52.4 Å². The first-order valence-electron chi connectivity index (χ1n) is 10.9. The first kappa shape index (κ1) is 28.9. The molecule has 186 valence electrons. The normalized spacial score (nSPS) is 32.6. The van der Waals surface area contributed by atoms with Crippen LogP contribution in [0.15, 0.2) is 0 Å². The number of phosphoric ester groups is 1. The van der Waals surface area contributed by atoms with Crippen LogP contribution in [0.25, 0.3) is 0 Å². The number of aliphatic hydroxyl groups is 7. The van der Waals surface area contributed by atoms with Gasteiger partial charge in [-0.3, -0.25) is 9.05 Å². The van der Waals surface area contributed by atoms with Crippen LogP contribution in [0.4, 0.5) is 0 Å². The van der Waals surface area contributed by atoms with Gasteiger partial charge in [0.15, 0.2) is 0 Å². The van der Waals surface area contributed by atoms with E-state index >= 15 is 0 Å². The average molecular weight is 474 g/mol. The van der Waals surface area contributed by atoms with Crippen LogP contribution >= 0.6 is 7.82 Å². The van der Waals surface area contributed by atoms with Gasteiger partial charge in [0.05, 0.1) is 6.61 Å². The van der Waals surface area contributed by atoms with Crippen molar-refractivity contribution in [3.63, 3.8) is 0 Å². The Morgan fingerprint density at radius 1 is 0.839 bits per heavy atom. The minimum Gasteiger partial charge on any atom is -0.394 e. The molecular weight excluding hydrogens is 435 g/mol. The zero-order valence-electron chi connectivity index (χ0n) is 18.2. The summed E-state index contributed by atoms with van der Waals surface area (Å²) in [4.78, 5) is 10.4. The molecule has 11 nitrogen and oxygen atoms in total. The first-order valence-corrected chi connectivity index (χ1v) is 12.4. The van der Waals surface area contributed by atoms with Gasteiger partial charge in [-0.15, -0.1) is 0 Å². The van der Waals surface area contributed by atoms with E-state index in [1.165, 1.54) is 0 Å². The van der Waals surface area contributed by atoms with Crippen molar-refractivity contribution in [2.45, 2.75) is 114 Å². The molecule has 0 saturated heterocycles. The van der Waals surface area contributed by atoms with Crippen molar-refractivity contribution >= 4 is 7.82 Å². The summed E-state index contributed by atoms with van der Waals surface area (Å²) in [5.41, 5.74) is -1.62. The van der Waals surface area contributed by atoms with E-state index in [1.807, 2.05) is 13.8 Å². The lowest BCUT2D eigenvalue weighted by Crippen LogP contribution is -2.64. The maximum absolute atomic E-state index is 12.8. The quantitative estimate of drug-likeness (QED) is 0.120. The van der Waals surface area contributed by atoms with Crippen LogP contribution in [0.2, 0.25) is 0 Å². The summed E-state index contributed by atoms with van der Waals surface area (Å²) in [6.07, 6.45) is -8.62. The number of rotatable bonds is 14. The summed E-state index contributed by atoms with van der Waals surface area (Å²) in [7, 11) is -5.09. The van der Waals surface area contributed by atoms with Gasteiger partial charge >= 0.3 is 7.82 Å². The second-order valence-electron chi connectivity index (χ2n) is 8.26. The highest BCUT2D eigenvalue weighted by molar-refractivity contribution is 7.47. The number of aliphatic hydroxyl groups excluding tert-OH is 7. The zero-order valence-corrected chi connectivity index (χ0v) is 19.0. The third-order valence-corrected chi connectivity index (χ3v) is 6.92. The largest absolute Gasteiger partial charge is 0.473 e. The molecule has 0 aromatic carbocycles. The molecule has 0 heterocycles. The van der Waals surface area contributed by atoms with Crippen molar-refractivity contribution in [3.8, 4) is 0 Å². The number of unbranched alkanes of at least 4 members (excludes halogenated alkanes) is 4. The van der Waals surface area contributed by atoms with Gasteiger partial charge in [-0.25, -0.2) is 4.57 Å². The van der Waals surface area contributed by atoms with Crippen molar-refractivity contribution in [2.24, 2.45) is 0 Å². The molecule has 12 heteroatoms. The minimum absolute atomic E-state index is 0.153. The van der Waals surface area contributed by atoms with E-state index in [1.54, 1.807) is 0 Å². The molecular formula is C19H39O11P. The van der Waals surface area contributed by atoms with Crippen molar-refractivity contribution in [1.82, 2.24) is 0 Å². The van der Waals surface area contributed by atoms with Gasteiger partial charge in [0.25, 0.3) is 0 Å². The van der Waals surface area contributed by atoms with Gasteiger partial charge in [0.2, 0.25) is 0 Å². The summed E-state index contributed by atoms with van der Waals surface area (Å²) in [6.45, 7) is 3.19. The van der Waals surface area contributed by atoms with E-state index in [9.17, 15) is 45.2 Å². The Labute approximate surface area is 182 Å². The lowest BCUT2D eigenvalue weighted by Gasteiger charge is -2.43. The lowest BCUT2D eigenvalue weighted by molar-refractivity contribution is -0.222. The highest BCUT2D eigenvalue weighted by Gasteiger charge is 2.53. The Kier molecular flexibility index (Phi) is 12.0. The van der Waals surface area contributed by atoms with E-state index in [-0.39, 0.29) is 12.8 Å². The van der Waals surface area contributed by atoms with Crippen molar-refractivity contribution in [2.75, 3.05) is 6.61 Å². The molecule has 8 N–H and O–H groups in total. The first-order chi connectivity index (χ1) is 14.5. The molecule has 1 aliphatic rings. The summed E-state index contributed by atoms with van der Waals surface area (Å²) in [6, 6.07) is 0. The summed E-state index contributed by atoms with van der Waals surface area (Å²) in [5.74, 6) is 0. The van der Waals surface area contributed by atoms with E-state index in [2.05, 4.69) is 0 Å². The predicted molar refractivity (Wildman–Crippen MR) is 110 cm³/mol. The van der Waals surface area contributed by atoms with E-state index < -0.39 is 62.8 Å². The molecule has 0 bridgehead atoms. The van der Waals surface area contributed by atoms with Gasteiger partial charge in [0.1, 0.15) is 48.3 Å². The van der Waals surface area contributed by atoms with Crippen LogP contribution in [0.3, 0.4) is 0 Å². The summed E-state index contributed by atoms with van der Waals surface area (Å²) >= 11 is 0. The molecule has 5 unspecified atom stereocenters. The Morgan fingerprint density at radius 3 is 1.65 bits per heavy atom. The highest BCUT2D eigenvalue weighted by Crippen LogP contribution is 2.53. The van der Waals surface area contributed by atoms with Crippen LogP contribution in [-0.4, -0.2) is 95.6 Å². The second-order valence-corrected chi connectivity index (χ2v) is 9.59. The van der Waals surface area contributed by atoms with Crippen molar-refractivity contribution in [3.05, 3.63) is 0 Å². The standard InChI is InChI=1S/C19H39O11P/c1-3-5-7-9-19(12(21)11-20,10-8-6-4-2)30-31(27,28)29-18-16(25)14(23)13(22)15(24)17(18)26/h12-18,20-26H,3-11H2,1-2H3,(H,27,28)/t12-,13?,14?,15?,16?,17?,18?/m0/s1. The van der Waals surface area contributed by atoms with Crippen LogP contribution in [0.5, 0.6) is 0 Å². The van der Waals surface area contributed by atoms with E-state index in [4.69, 9.17) is 9.05 Å². The Bertz CT molecular complexity index is 537. The average Bonchev–Trinajstić information content (AvgIpc) is 2.73. The van der Waals surface area contributed by atoms with Crippen molar-refractivity contribution < 1.29 is 54.3 Å². The molecule has 1 aliphatic carbocycles. The van der Waals surface area contributed by atoms with Crippen LogP contribution in [0.1, 0.15) is 65.2 Å². The van der Waals surface area contributed by atoms with Gasteiger partial charge in [-0.05, 0) is 12.8 Å². The molecule has 0 radical (unpaired) electrons. The molecule has 31 heavy (non-hydrogen) atoms. The molecule has 0 amide bonds. The molecule has 1 rings (SSSR count). The molecule has 0 aliphatic heterocycles. The Hall–Kier alpha value is -0.170. The molecule has 0 aromatic rings. The fraction of sp³-hybridized carbons (Fsp3) is 1.00. The third kappa shape index (κ3) is 7.68. The third-order valence-electron chi connectivity index (χ3n) is 5.81. The molecule has 1 saturated carbocycles. The fourth-order valence-corrected chi connectivity index (χ4v) is 5.22. The molecule has 6 atom stereocenters. The zero-order chi connectivity index (χ0) is 23.8. The highest BCUT2D eigenvalue weighted by atomic mass is 31.2. The smallest absolute Gasteiger partial charge is 0.394 e. The van der Waals surface area contributed by atoms with Gasteiger partial charge in [0, 0.05) is 0 Å². The van der Waals surface area contributed by atoms with Crippen molar-refractivity contribution in [1.29, 1.82) is 0 Å². The van der Waals surface area contributed by atoms with E-state index in [0.29, 0.717) is 12.8 Å². The minimum atomic E-state index is -5.09. The molecule has 0 spiro atoms. The Balaban J connectivity index is 3.11. The van der Waals surface area contributed by atoms with Gasteiger partial charge < -0.3 is 40.6 Å². The summed E-state index contributed by atoms with van der Waals surface area (Å²) < 4.78 is 23.2. The Morgan fingerprint density at radius 2 is 1.26 bits per heavy atom. The second kappa shape index (κ2) is 12.9. The van der Waals surface area contributed by atoms with Crippen LogP contribution in [0, 0.1) is 0 Å². The number of hydrogen-bond donors (Lipinski definition) is 8. The van der Waals surface area contributed by atoms with Gasteiger partial charge in [-0.2, -0.15) is 0 Å². The van der Waals surface area contributed by atoms with E-state index in [0.717, 1.165) is 25.7 Å². The maximum atomic E-state index is 12.8. The maximum Gasteiger partial charge on any atom is 0.473 e. The SMILES string of the molecule is CCCCCC(CCCCC)(OP(=O)(O)OC1C(O)C(O)C(O)C(O)C1O)[C@@H](O)CO. The van der Waals surface area contributed by atoms with Crippen LogP contribution < -0.4 is 0 Å². The summed E-state index contributed by atoms with van der Waals surface area (Å²) in [5, 5.41) is 69.5. The lowest BCUT2D eigenvalue weighted by atomic mass is 9.85. The fourth-order valence-electron chi connectivity index (χ4n) is 3.85. The van der Waals surface area contributed by atoms with Crippen LogP contribution in [-0.2, 0) is 13.6 Å². The topological polar surface area (TPSA) is 197 Å².